The maximum absolute atomic E-state index is 12.1. The number of aryl methyl sites for hydroxylation is 1. The molecule has 5 nitrogen and oxygen atoms in total. The lowest BCUT2D eigenvalue weighted by Crippen LogP contribution is -2.42. The average molecular weight is 266 g/mol. The van der Waals surface area contributed by atoms with Crippen LogP contribution in [0.15, 0.2) is 6.07 Å². The summed E-state index contributed by atoms with van der Waals surface area (Å²) in [5.74, 6) is 0.457. The molecule has 0 aliphatic heterocycles. The van der Waals surface area contributed by atoms with Gasteiger partial charge in [0.1, 0.15) is 5.69 Å². The molecule has 0 aliphatic rings. The van der Waals surface area contributed by atoms with E-state index in [1.807, 2.05) is 27.1 Å². The first-order chi connectivity index (χ1) is 8.92. The zero-order chi connectivity index (χ0) is 14.4. The van der Waals surface area contributed by atoms with Gasteiger partial charge in [-0.15, -0.1) is 0 Å². The molecule has 2 N–H and O–H groups in total. The number of nitrogens with one attached hydrogen (secondary N) is 2. The summed E-state index contributed by atoms with van der Waals surface area (Å²) in [5.41, 5.74) is 1.46. The third kappa shape index (κ3) is 5.42. The van der Waals surface area contributed by atoms with Gasteiger partial charge in [-0.2, -0.15) is 5.10 Å². The summed E-state index contributed by atoms with van der Waals surface area (Å²) in [6.07, 6.45) is 1.82. The zero-order valence-electron chi connectivity index (χ0n) is 12.7. The van der Waals surface area contributed by atoms with Crippen molar-refractivity contribution < 1.29 is 4.79 Å². The molecule has 1 atom stereocenters. The summed E-state index contributed by atoms with van der Waals surface area (Å²) in [6.45, 7) is 7.20. The van der Waals surface area contributed by atoms with E-state index in [4.69, 9.17) is 0 Å². The molecule has 1 aromatic heterocycles. The van der Waals surface area contributed by atoms with Gasteiger partial charge >= 0.3 is 0 Å². The minimum absolute atomic E-state index is 0.0940. The molecule has 0 fully saturated rings. The molecule has 19 heavy (non-hydrogen) atoms. The first-order valence-corrected chi connectivity index (χ1v) is 6.92. The van der Waals surface area contributed by atoms with Crippen LogP contribution in [0.2, 0.25) is 0 Å². The van der Waals surface area contributed by atoms with E-state index in [0.717, 1.165) is 25.1 Å². The Labute approximate surface area is 115 Å². The van der Waals surface area contributed by atoms with Crippen molar-refractivity contribution in [2.24, 2.45) is 5.92 Å². The van der Waals surface area contributed by atoms with Gasteiger partial charge in [0.15, 0.2) is 0 Å². The van der Waals surface area contributed by atoms with Gasteiger partial charge in [-0.05, 0) is 38.9 Å². The van der Waals surface area contributed by atoms with Crippen LogP contribution in [0.25, 0.3) is 0 Å². The molecule has 0 aromatic carbocycles. The fourth-order valence-corrected chi connectivity index (χ4v) is 2.11. The standard InChI is InChI=1S/C14H26N4O/c1-6-11-8-13(17-16-11)14(19)15-12(7-10(2)3)9-18(4)5/h8,10,12H,6-7,9H2,1-5H3,(H,15,19)(H,16,17). The second-order valence-electron chi connectivity index (χ2n) is 5.69. The van der Waals surface area contributed by atoms with Crippen molar-refractivity contribution in [3.8, 4) is 0 Å². The molecule has 0 bridgehead atoms. The topological polar surface area (TPSA) is 61.0 Å². The highest BCUT2D eigenvalue weighted by Crippen LogP contribution is 2.07. The Bertz CT molecular complexity index is 388. The van der Waals surface area contributed by atoms with Crippen molar-refractivity contribution in [2.45, 2.75) is 39.7 Å². The van der Waals surface area contributed by atoms with E-state index in [0.29, 0.717) is 11.6 Å². The number of aromatic amines is 1. The second-order valence-corrected chi connectivity index (χ2v) is 5.69. The van der Waals surface area contributed by atoms with Crippen LogP contribution in [0.1, 0.15) is 43.4 Å². The summed E-state index contributed by atoms with van der Waals surface area (Å²) in [7, 11) is 4.03. The number of carbonyl (C=O) groups excluding carboxylic acids is 1. The molecule has 5 heteroatoms. The molecule has 1 amide bonds. The van der Waals surface area contributed by atoms with Gasteiger partial charge in [0, 0.05) is 18.3 Å². The lowest BCUT2D eigenvalue weighted by atomic mass is 10.0. The average Bonchev–Trinajstić information content (AvgIpc) is 2.75. The number of rotatable bonds is 7. The highest BCUT2D eigenvalue weighted by Gasteiger charge is 2.17. The number of hydrogen-bond donors (Lipinski definition) is 2. The van der Waals surface area contributed by atoms with E-state index in [1.165, 1.54) is 0 Å². The fraction of sp³-hybridized carbons (Fsp3) is 0.714. The van der Waals surface area contributed by atoms with E-state index >= 15 is 0 Å². The van der Waals surface area contributed by atoms with Crippen LogP contribution in [-0.2, 0) is 6.42 Å². The van der Waals surface area contributed by atoms with E-state index in [2.05, 4.69) is 34.3 Å². The molecule has 0 aliphatic carbocycles. The lowest BCUT2D eigenvalue weighted by molar-refractivity contribution is 0.0919. The Morgan fingerprint density at radius 2 is 2.16 bits per heavy atom. The van der Waals surface area contributed by atoms with Crippen LogP contribution in [0, 0.1) is 5.92 Å². The van der Waals surface area contributed by atoms with Gasteiger partial charge < -0.3 is 10.2 Å². The Balaban J connectivity index is 2.64. The molecule has 0 saturated carbocycles. The van der Waals surface area contributed by atoms with Crippen LogP contribution >= 0.6 is 0 Å². The van der Waals surface area contributed by atoms with Crippen molar-refractivity contribution in [1.82, 2.24) is 20.4 Å². The number of hydrogen-bond acceptors (Lipinski definition) is 3. The minimum Gasteiger partial charge on any atom is -0.347 e. The largest absolute Gasteiger partial charge is 0.347 e. The number of amides is 1. The summed E-state index contributed by atoms with van der Waals surface area (Å²) in [6, 6.07) is 1.97. The SMILES string of the molecule is CCc1cc(C(=O)NC(CC(C)C)CN(C)C)n[nH]1. The number of aromatic nitrogens is 2. The van der Waals surface area contributed by atoms with Gasteiger partial charge in [-0.3, -0.25) is 9.89 Å². The number of likely N-dealkylation sites (N-methyl/N-ethyl adjacent to an activating group) is 1. The molecule has 1 aromatic rings. The van der Waals surface area contributed by atoms with Gasteiger partial charge in [0.2, 0.25) is 0 Å². The van der Waals surface area contributed by atoms with E-state index in [1.54, 1.807) is 0 Å². The van der Waals surface area contributed by atoms with Crippen LogP contribution in [-0.4, -0.2) is 47.7 Å². The molecule has 0 radical (unpaired) electrons. The predicted octanol–water partition coefficient (Wildman–Crippen LogP) is 1.68. The quantitative estimate of drug-likeness (QED) is 0.789. The molecular formula is C14H26N4O. The van der Waals surface area contributed by atoms with Gasteiger partial charge in [0.25, 0.3) is 5.91 Å². The van der Waals surface area contributed by atoms with Crippen LogP contribution in [0.4, 0.5) is 0 Å². The smallest absolute Gasteiger partial charge is 0.272 e. The predicted molar refractivity (Wildman–Crippen MR) is 77.2 cm³/mol. The Kier molecular flexibility index (Phi) is 6.02. The molecule has 1 heterocycles. The summed E-state index contributed by atoms with van der Waals surface area (Å²) < 4.78 is 0. The lowest BCUT2D eigenvalue weighted by Gasteiger charge is -2.23. The number of H-pyrrole nitrogens is 1. The Morgan fingerprint density at radius 3 is 2.63 bits per heavy atom. The maximum atomic E-state index is 12.1. The molecule has 108 valence electrons. The van der Waals surface area contributed by atoms with Crippen LogP contribution in [0.3, 0.4) is 0 Å². The summed E-state index contributed by atoms with van der Waals surface area (Å²) in [5, 5.41) is 9.99. The number of carbonyl (C=O) groups is 1. The van der Waals surface area contributed by atoms with Gasteiger partial charge in [0.05, 0.1) is 0 Å². The zero-order valence-corrected chi connectivity index (χ0v) is 12.7. The number of nitrogens with zero attached hydrogens (tertiary/aromatic N) is 2. The van der Waals surface area contributed by atoms with E-state index < -0.39 is 0 Å². The highest BCUT2D eigenvalue weighted by atomic mass is 16.2. The molecule has 0 spiro atoms. The summed E-state index contributed by atoms with van der Waals surface area (Å²) in [4.78, 5) is 14.2. The summed E-state index contributed by atoms with van der Waals surface area (Å²) >= 11 is 0. The van der Waals surface area contributed by atoms with Crippen LogP contribution in [0.5, 0.6) is 0 Å². The van der Waals surface area contributed by atoms with Gasteiger partial charge in [-0.25, -0.2) is 0 Å². The highest BCUT2D eigenvalue weighted by molar-refractivity contribution is 5.92. The van der Waals surface area contributed by atoms with Crippen molar-refractivity contribution >= 4 is 5.91 Å². The van der Waals surface area contributed by atoms with Gasteiger partial charge in [-0.1, -0.05) is 20.8 Å². The monoisotopic (exact) mass is 266 g/mol. The van der Waals surface area contributed by atoms with Crippen molar-refractivity contribution in [3.63, 3.8) is 0 Å². The van der Waals surface area contributed by atoms with Crippen molar-refractivity contribution in [2.75, 3.05) is 20.6 Å². The van der Waals surface area contributed by atoms with Crippen LogP contribution < -0.4 is 5.32 Å². The van der Waals surface area contributed by atoms with E-state index in [-0.39, 0.29) is 11.9 Å². The third-order valence-corrected chi connectivity index (χ3v) is 2.92. The minimum atomic E-state index is -0.0940. The Morgan fingerprint density at radius 1 is 1.47 bits per heavy atom. The first-order valence-electron chi connectivity index (χ1n) is 6.92. The Hall–Kier alpha value is -1.36. The molecule has 1 unspecified atom stereocenters. The van der Waals surface area contributed by atoms with Crippen molar-refractivity contribution in [3.05, 3.63) is 17.5 Å². The molecular weight excluding hydrogens is 240 g/mol. The van der Waals surface area contributed by atoms with E-state index in [9.17, 15) is 4.79 Å². The molecule has 1 rings (SSSR count). The normalized spacial score (nSPS) is 13.0. The maximum Gasteiger partial charge on any atom is 0.272 e. The first kappa shape index (κ1) is 15.7. The second kappa shape index (κ2) is 7.28. The van der Waals surface area contributed by atoms with Crippen molar-refractivity contribution in [1.29, 1.82) is 0 Å². The third-order valence-electron chi connectivity index (χ3n) is 2.92. The fourth-order valence-electron chi connectivity index (χ4n) is 2.11. The molecule has 0 saturated heterocycles.